The maximum absolute atomic E-state index is 12.3. The van der Waals surface area contributed by atoms with Gasteiger partial charge in [-0.1, -0.05) is 19.9 Å². The number of nitrogens with zero attached hydrogens (tertiary/aromatic N) is 1. The predicted octanol–water partition coefficient (Wildman–Crippen LogP) is 2.18. The van der Waals surface area contributed by atoms with Crippen LogP contribution in [-0.2, 0) is 11.2 Å². The van der Waals surface area contributed by atoms with Crippen LogP contribution in [0.5, 0.6) is 0 Å². The van der Waals surface area contributed by atoms with Gasteiger partial charge in [0, 0.05) is 24.5 Å². The molecule has 3 N–H and O–H groups in total. The van der Waals surface area contributed by atoms with Gasteiger partial charge >= 0.3 is 0 Å². The van der Waals surface area contributed by atoms with Crippen molar-refractivity contribution >= 4 is 17.3 Å². The fourth-order valence-corrected chi connectivity index (χ4v) is 2.62. The molecule has 1 aliphatic rings. The smallest absolute Gasteiger partial charge is 0.242 e. The number of amides is 1. The zero-order valence-corrected chi connectivity index (χ0v) is 12.6. The predicted molar refractivity (Wildman–Crippen MR) is 83.8 cm³/mol. The second-order valence-corrected chi connectivity index (χ2v) is 6.00. The van der Waals surface area contributed by atoms with Crippen LogP contribution in [-0.4, -0.2) is 25.0 Å². The van der Waals surface area contributed by atoms with E-state index >= 15 is 0 Å². The Labute approximate surface area is 121 Å². The molecule has 0 spiro atoms. The lowest BCUT2D eigenvalue weighted by atomic mass is 9.99. The lowest BCUT2D eigenvalue weighted by Gasteiger charge is -2.35. The number of nitrogens with two attached hydrogens (primary N) is 1. The standard InChI is InChI=1S/C16H25N3O/c1-11(2)10-18-16(20)12(3)19-8-4-5-13-6-7-14(17)9-15(13)19/h6-7,9,11-12H,4-5,8,10,17H2,1-3H3,(H,18,20). The molecule has 110 valence electrons. The summed E-state index contributed by atoms with van der Waals surface area (Å²) in [5.74, 6) is 0.560. The molecule has 20 heavy (non-hydrogen) atoms. The zero-order valence-electron chi connectivity index (χ0n) is 12.6. The number of carbonyl (C=O) groups is 1. The Hall–Kier alpha value is -1.71. The Morgan fingerprint density at radius 3 is 2.85 bits per heavy atom. The average Bonchev–Trinajstić information content (AvgIpc) is 2.43. The summed E-state index contributed by atoms with van der Waals surface area (Å²) in [6, 6.07) is 5.84. The molecule has 4 nitrogen and oxygen atoms in total. The first kappa shape index (κ1) is 14.7. The molecular formula is C16H25N3O. The molecule has 0 fully saturated rings. The number of nitrogens with one attached hydrogen (secondary N) is 1. The van der Waals surface area contributed by atoms with Crippen LogP contribution in [0.15, 0.2) is 18.2 Å². The van der Waals surface area contributed by atoms with Crippen LogP contribution in [0.2, 0.25) is 0 Å². The van der Waals surface area contributed by atoms with Crippen LogP contribution < -0.4 is 16.0 Å². The number of hydrogen-bond acceptors (Lipinski definition) is 3. The van der Waals surface area contributed by atoms with E-state index in [0.717, 1.165) is 37.3 Å². The van der Waals surface area contributed by atoms with Gasteiger partial charge in [-0.05, 0) is 43.4 Å². The number of fused-ring (bicyclic) bond motifs is 1. The molecule has 0 saturated heterocycles. The quantitative estimate of drug-likeness (QED) is 0.828. The van der Waals surface area contributed by atoms with Gasteiger partial charge in [-0.3, -0.25) is 4.79 Å². The van der Waals surface area contributed by atoms with Crippen molar-refractivity contribution in [3.05, 3.63) is 23.8 Å². The first-order chi connectivity index (χ1) is 9.49. The maximum atomic E-state index is 12.3. The topological polar surface area (TPSA) is 58.4 Å². The lowest BCUT2D eigenvalue weighted by molar-refractivity contribution is -0.122. The highest BCUT2D eigenvalue weighted by Crippen LogP contribution is 2.30. The Balaban J connectivity index is 2.13. The SMILES string of the molecule is CC(C)CNC(=O)C(C)N1CCCc2ccc(N)cc21. The van der Waals surface area contributed by atoms with E-state index in [1.54, 1.807) is 0 Å². The minimum Gasteiger partial charge on any atom is -0.399 e. The second kappa shape index (κ2) is 6.16. The third-order valence-electron chi connectivity index (χ3n) is 3.80. The molecule has 1 unspecified atom stereocenters. The van der Waals surface area contributed by atoms with Crippen molar-refractivity contribution in [1.82, 2.24) is 5.32 Å². The minimum absolute atomic E-state index is 0.0916. The Bertz CT molecular complexity index is 485. The van der Waals surface area contributed by atoms with Crippen LogP contribution in [0.4, 0.5) is 11.4 Å². The average molecular weight is 275 g/mol. The van der Waals surface area contributed by atoms with Gasteiger partial charge in [-0.2, -0.15) is 0 Å². The molecule has 1 atom stereocenters. The minimum atomic E-state index is -0.158. The summed E-state index contributed by atoms with van der Waals surface area (Å²) in [5.41, 5.74) is 9.05. The number of aryl methyl sites for hydroxylation is 1. The number of rotatable bonds is 4. The second-order valence-electron chi connectivity index (χ2n) is 6.00. The fourth-order valence-electron chi connectivity index (χ4n) is 2.62. The molecular weight excluding hydrogens is 250 g/mol. The Morgan fingerprint density at radius 2 is 2.15 bits per heavy atom. The molecule has 0 aliphatic carbocycles. The largest absolute Gasteiger partial charge is 0.399 e. The van der Waals surface area contributed by atoms with Gasteiger partial charge in [0.05, 0.1) is 0 Å². The van der Waals surface area contributed by atoms with E-state index in [2.05, 4.69) is 30.1 Å². The molecule has 1 aromatic rings. The molecule has 4 heteroatoms. The highest BCUT2D eigenvalue weighted by molar-refractivity contribution is 5.85. The fraction of sp³-hybridized carbons (Fsp3) is 0.562. The normalized spacial score (nSPS) is 15.9. The zero-order chi connectivity index (χ0) is 14.7. The summed E-state index contributed by atoms with van der Waals surface area (Å²) >= 11 is 0. The van der Waals surface area contributed by atoms with Gasteiger partial charge in [0.25, 0.3) is 0 Å². The van der Waals surface area contributed by atoms with Crippen LogP contribution in [0, 0.1) is 5.92 Å². The number of nitrogen functional groups attached to an aromatic ring is 1. The van der Waals surface area contributed by atoms with E-state index in [1.165, 1.54) is 5.56 Å². The van der Waals surface area contributed by atoms with Gasteiger partial charge in [0.15, 0.2) is 0 Å². The lowest BCUT2D eigenvalue weighted by Crippen LogP contribution is -2.48. The third-order valence-corrected chi connectivity index (χ3v) is 3.80. The summed E-state index contributed by atoms with van der Waals surface area (Å²) in [6.07, 6.45) is 2.14. The van der Waals surface area contributed by atoms with E-state index in [1.807, 2.05) is 19.1 Å². The molecule has 0 aromatic heterocycles. The highest BCUT2D eigenvalue weighted by atomic mass is 16.2. The van der Waals surface area contributed by atoms with Crippen LogP contribution in [0.25, 0.3) is 0 Å². The summed E-state index contributed by atoms with van der Waals surface area (Å²) in [7, 11) is 0. The van der Waals surface area contributed by atoms with E-state index < -0.39 is 0 Å². The van der Waals surface area contributed by atoms with Crippen molar-refractivity contribution in [3.63, 3.8) is 0 Å². The number of benzene rings is 1. The molecule has 2 rings (SSSR count). The summed E-state index contributed by atoms with van der Waals surface area (Å²) in [6.45, 7) is 7.80. The van der Waals surface area contributed by atoms with Crippen LogP contribution in [0.1, 0.15) is 32.8 Å². The van der Waals surface area contributed by atoms with Crippen molar-refractivity contribution < 1.29 is 4.79 Å². The monoisotopic (exact) mass is 275 g/mol. The molecule has 1 amide bonds. The van der Waals surface area contributed by atoms with Crippen molar-refractivity contribution in [1.29, 1.82) is 0 Å². The Kier molecular flexibility index (Phi) is 4.53. The van der Waals surface area contributed by atoms with Crippen molar-refractivity contribution in [3.8, 4) is 0 Å². The molecule has 1 heterocycles. The molecule has 0 bridgehead atoms. The molecule has 1 aromatic carbocycles. The van der Waals surface area contributed by atoms with Gasteiger partial charge in [0.1, 0.15) is 6.04 Å². The van der Waals surface area contributed by atoms with Crippen molar-refractivity contribution in [2.24, 2.45) is 5.92 Å². The van der Waals surface area contributed by atoms with E-state index in [9.17, 15) is 4.79 Å². The van der Waals surface area contributed by atoms with Gasteiger partial charge in [-0.25, -0.2) is 0 Å². The van der Waals surface area contributed by atoms with E-state index in [-0.39, 0.29) is 11.9 Å². The highest BCUT2D eigenvalue weighted by Gasteiger charge is 2.26. The molecule has 1 aliphatic heterocycles. The first-order valence-electron chi connectivity index (χ1n) is 7.41. The number of hydrogen-bond donors (Lipinski definition) is 2. The molecule has 0 saturated carbocycles. The third kappa shape index (κ3) is 3.24. The number of carbonyl (C=O) groups excluding carboxylic acids is 1. The summed E-state index contributed by atoms with van der Waals surface area (Å²) in [4.78, 5) is 14.4. The van der Waals surface area contributed by atoms with Crippen molar-refractivity contribution in [2.45, 2.75) is 39.7 Å². The first-order valence-corrected chi connectivity index (χ1v) is 7.41. The van der Waals surface area contributed by atoms with Gasteiger partial charge in [0.2, 0.25) is 5.91 Å². The van der Waals surface area contributed by atoms with E-state index in [4.69, 9.17) is 5.73 Å². The van der Waals surface area contributed by atoms with Gasteiger partial charge in [-0.15, -0.1) is 0 Å². The van der Waals surface area contributed by atoms with Gasteiger partial charge < -0.3 is 16.0 Å². The summed E-state index contributed by atoms with van der Waals surface area (Å²) in [5, 5.41) is 3.01. The number of anilines is 2. The molecule has 0 radical (unpaired) electrons. The van der Waals surface area contributed by atoms with Crippen molar-refractivity contribution in [2.75, 3.05) is 23.7 Å². The van der Waals surface area contributed by atoms with Crippen LogP contribution >= 0.6 is 0 Å². The Morgan fingerprint density at radius 1 is 1.40 bits per heavy atom. The van der Waals surface area contributed by atoms with Crippen LogP contribution in [0.3, 0.4) is 0 Å². The maximum Gasteiger partial charge on any atom is 0.242 e. The van der Waals surface area contributed by atoms with E-state index in [0.29, 0.717) is 5.92 Å². The summed E-state index contributed by atoms with van der Waals surface area (Å²) < 4.78 is 0.